The minimum Gasteiger partial charge on any atom is -0.495 e. The van der Waals surface area contributed by atoms with Crippen LogP contribution in [-0.2, 0) is 29.8 Å². The zero-order valence-corrected chi connectivity index (χ0v) is 25.9. The van der Waals surface area contributed by atoms with Crippen LogP contribution >= 0.6 is 0 Å². The standard InChI is InChI=1S/C38H42O6/c1-37(2,27-8-14-31(15-9-27)39-20-34-23-42-34)26-4-6-28(7-5-26)38(3,29-10-16-32(17-11-29)40-21-35-24-43-35)30-12-18-33(19-13-30)41-22-36-25-44-36/h4-12,14-18,34-36H,13,19-25H2,1-3H3. The SMILES string of the molecule is CC(C)(c1ccc(OCC2CO2)cc1)c1ccc(C(C)(C2=CC=C(OCC3CO3)CC2)c2ccc(OCC3CO3)cc2)cc1. The molecule has 0 bridgehead atoms. The molecule has 4 atom stereocenters. The van der Waals surface area contributed by atoms with Gasteiger partial charge in [-0.2, -0.15) is 0 Å². The van der Waals surface area contributed by atoms with Gasteiger partial charge in [0, 0.05) is 17.3 Å². The Hall–Kier alpha value is -3.58. The van der Waals surface area contributed by atoms with E-state index in [0.29, 0.717) is 19.8 Å². The largest absolute Gasteiger partial charge is 0.495 e. The van der Waals surface area contributed by atoms with Crippen molar-refractivity contribution in [3.8, 4) is 11.5 Å². The highest BCUT2D eigenvalue weighted by molar-refractivity contribution is 5.52. The lowest BCUT2D eigenvalue weighted by molar-refractivity contribution is 0.174. The first-order valence-corrected chi connectivity index (χ1v) is 15.8. The van der Waals surface area contributed by atoms with Gasteiger partial charge in [-0.25, -0.2) is 0 Å². The van der Waals surface area contributed by atoms with E-state index in [4.69, 9.17) is 28.4 Å². The summed E-state index contributed by atoms with van der Waals surface area (Å²) in [4.78, 5) is 0. The van der Waals surface area contributed by atoms with E-state index < -0.39 is 0 Å². The van der Waals surface area contributed by atoms with Crippen LogP contribution in [-0.4, -0.2) is 58.0 Å². The van der Waals surface area contributed by atoms with Gasteiger partial charge < -0.3 is 28.4 Å². The summed E-state index contributed by atoms with van der Waals surface area (Å²) >= 11 is 0. The molecule has 0 radical (unpaired) electrons. The molecule has 4 unspecified atom stereocenters. The fourth-order valence-electron chi connectivity index (χ4n) is 6.00. The summed E-state index contributed by atoms with van der Waals surface area (Å²) in [5, 5.41) is 0. The van der Waals surface area contributed by atoms with Crippen LogP contribution in [0.4, 0.5) is 0 Å². The molecule has 3 aliphatic heterocycles. The first kappa shape index (κ1) is 29.1. The molecule has 3 heterocycles. The molecule has 3 fully saturated rings. The average Bonchev–Trinajstić information content (AvgIpc) is 3.91. The molecule has 44 heavy (non-hydrogen) atoms. The summed E-state index contributed by atoms with van der Waals surface area (Å²) in [5.41, 5.74) is 5.91. The summed E-state index contributed by atoms with van der Waals surface area (Å²) in [6.45, 7) is 11.2. The second kappa shape index (κ2) is 12.1. The van der Waals surface area contributed by atoms with E-state index in [1.54, 1.807) is 0 Å². The summed E-state index contributed by atoms with van der Waals surface area (Å²) in [6, 6.07) is 26.3. The predicted octanol–water partition coefficient (Wildman–Crippen LogP) is 6.89. The number of epoxide rings is 3. The average molecular weight is 595 g/mol. The molecule has 230 valence electrons. The Kier molecular flexibility index (Phi) is 8.00. The van der Waals surface area contributed by atoms with Crippen molar-refractivity contribution in [1.82, 2.24) is 0 Å². The molecule has 7 rings (SSSR count). The lowest BCUT2D eigenvalue weighted by Crippen LogP contribution is -2.28. The molecule has 1 aliphatic carbocycles. The van der Waals surface area contributed by atoms with Crippen LogP contribution in [0.3, 0.4) is 0 Å². The fraction of sp³-hybridized carbons (Fsp3) is 0.421. The first-order chi connectivity index (χ1) is 21.4. The summed E-state index contributed by atoms with van der Waals surface area (Å²) in [7, 11) is 0. The summed E-state index contributed by atoms with van der Waals surface area (Å²) in [5.74, 6) is 2.79. The van der Waals surface area contributed by atoms with Crippen molar-refractivity contribution >= 4 is 0 Å². The molecule has 0 saturated carbocycles. The van der Waals surface area contributed by atoms with Crippen LogP contribution in [0.2, 0.25) is 0 Å². The van der Waals surface area contributed by atoms with Gasteiger partial charge in [-0.1, -0.05) is 74.0 Å². The fourth-order valence-corrected chi connectivity index (χ4v) is 6.00. The lowest BCUT2D eigenvalue weighted by Gasteiger charge is -2.36. The predicted molar refractivity (Wildman–Crippen MR) is 169 cm³/mol. The molecule has 0 spiro atoms. The lowest BCUT2D eigenvalue weighted by atomic mass is 9.67. The third-order valence-corrected chi connectivity index (χ3v) is 9.48. The van der Waals surface area contributed by atoms with E-state index in [0.717, 1.165) is 49.9 Å². The highest BCUT2D eigenvalue weighted by atomic mass is 16.6. The van der Waals surface area contributed by atoms with Crippen molar-refractivity contribution < 1.29 is 28.4 Å². The number of allylic oxidation sites excluding steroid dienone is 4. The normalized spacial score (nSPS) is 23.6. The Bertz CT molecular complexity index is 1490. The van der Waals surface area contributed by atoms with E-state index in [1.807, 2.05) is 0 Å². The summed E-state index contributed by atoms with van der Waals surface area (Å²) in [6.07, 6.45) is 6.97. The minimum atomic E-state index is -0.313. The van der Waals surface area contributed by atoms with E-state index in [9.17, 15) is 0 Å². The Labute approximate surface area is 260 Å². The van der Waals surface area contributed by atoms with Gasteiger partial charge in [-0.3, -0.25) is 0 Å². The first-order valence-electron chi connectivity index (χ1n) is 15.8. The molecule has 6 heteroatoms. The van der Waals surface area contributed by atoms with Crippen molar-refractivity contribution in [3.05, 3.63) is 119 Å². The maximum Gasteiger partial charge on any atom is 0.119 e. The maximum atomic E-state index is 6.03. The Morgan fingerprint density at radius 2 is 0.955 bits per heavy atom. The van der Waals surface area contributed by atoms with Crippen LogP contribution in [0.5, 0.6) is 11.5 Å². The van der Waals surface area contributed by atoms with E-state index in [2.05, 4.69) is 106 Å². The van der Waals surface area contributed by atoms with Gasteiger partial charge in [0.2, 0.25) is 0 Å². The van der Waals surface area contributed by atoms with Gasteiger partial charge in [0.05, 0.1) is 25.6 Å². The van der Waals surface area contributed by atoms with Crippen molar-refractivity contribution in [2.24, 2.45) is 0 Å². The molecule has 0 aromatic heterocycles. The highest BCUT2D eigenvalue weighted by Crippen LogP contribution is 2.44. The van der Waals surface area contributed by atoms with Gasteiger partial charge in [0.25, 0.3) is 0 Å². The molecule has 0 amide bonds. The van der Waals surface area contributed by atoms with Crippen LogP contribution in [0.25, 0.3) is 0 Å². The number of hydrogen-bond acceptors (Lipinski definition) is 6. The molecule has 3 aromatic carbocycles. The van der Waals surface area contributed by atoms with Crippen LogP contribution < -0.4 is 9.47 Å². The topological polar surface area (TPSA) is 65.3 Å². The number of rotatable bonds is 14. The molecule has 0 N–H and O–H groups in total. The van der Waals surface area contributed by atoms with Gasteiger partial charge in [0.1, 0.15) is 49.6 Å². The van der Waals surface area contributed by atoms with Gasteiger partial charge in [-0.15, -0.1) is 0 Å². The second-order valence-corrected chi connectivity index (χ2v) is 13.0. The van der Waals surface area contributed by atoms with Crippen molar-refractivity contribution in [3.63, 3.8) is 0 Å². The minimum absolute atomic E-state index is 0.165. The maximum absolute atomic E-state index is 6.03. The third kappa shape index (κ3) is 6.58. The molecule has 3 saturated heterocycles. The van der Waals surface area contributed by atoms with Crippen LogP contribution in [0.15, 0.2) is 96.3 Å². The number of hydrogen-bond donors (Lipinski definition) is 0. The molecule has 6 nitrogen and oxygen atoms in total. The summed E-state index contributed by atoms with van der Waals surface area (Å²) < 4.78 is 33.7. The molecule has 3 aromatic rings. The smallest absolute Gasteiger partial charge is 0.119 e. The van der Waals surface area contributed by atoms with E-state index in [1.165, 1.54) is 27.8 Å². The third-order valence-electron chi connectivity index (χ3n) is 9.48. The Balaban J connectivity index is 1.14. The number of ether oxygens (including phenoxy) is 6. The monoisotopic (exact) mass is 594 g/mol. The van der Waals surface area contributed by atoms with Gasteiger partial charge in [-0.05, 0) is 65.9 Å². The molecule has 4 aliphatic rings. The number of benzene rings is 3. The van der Waals surface area contributed by atoms with E-state index >= 15 is 0 Å². The van der Waals surface area contributed by atoms with Crippen LogP contribution in [0.1, 0.15) is 55.9 Å². The zero-order chi connectivity index (χ0) is 30.1. The van der Waals surface area contributed by atoms with Crippen molar-refractivity contribution in [2.75, 3.05) is 39.6 Å². The van der Waals surface area contributed by atoms with Gasteiger partial charge in [0.15, 0.2) is 0 Å². The van der Waals surface area contributed by atoms with Crippen LogP contribution in [0, 0.1) is 0 Å². The van der Waals surface area contributed by atoms with Gasteiger partial charge >= 0.3 is 0 Å². The molecular weight excluding hydrogens is 552 g/mol. The second-order valence-electron chi connectivity index (χ2n) is 13.0. The zero-order valence-electron chi connectivity index (χ0n) is 25.9. The Morgan fingerprint density at radius 1 is 0.545 bits per heavy atom. The highest BCUT2D eigenvalue weighted by Gasteiger charge is 2.35. The quantitative estimate of drug-likeness (QED) is 0.189. The van der Waals surface area contributed by atoms with Crippen molar-refractivity contribution in [1.29, 1.82) is 0 Å². The van der Waals surface area contributed by atoms with Crippen molar-refractivity contribution in [2.45, 2.75) is 62.8 Å². The molecular formula is C38H42O6. The van der Waals surface area contributed by atoms with E-state index in [-0.39, 0.29) is 29.1 Å². The Morgan fingerprint density at radius 3 is 1.39 bits per heavy atom.